The number of nitrogens with two attached hydrogens (primary N) is 1. The molecule has 0 spiro atoms. The summed E-state index contributed by atoms with van der Waals surface area (Å²) in [5.74, 6) is 1.31. The summed E-state index contributed by atoms with van der Waals surface area (Å²) in [5, 5.41) is 4.35. The van der Waals surface area contributed by atoms with Crippen molar-refractivity contribution in [1.82, 2.24) is 9.78 Å². The lowest BCUT2D eigenvalue weighted by molar-refractivity contribution is 0.412. The Morgan fingerprint density at radius 2 is 2.06 bits per heavy atom. The lowest BCUT2D eigenvalue weighted by atomic mass is 10.3. The van der Waals surface area contributed by atoms with Crippen molar-refractivity contribution in [1.29, 1.82) is 0 Å². The van der Waals surface area contributed by atoms with Gasteiger partial charge in [0.1, 0.15) is 17.3 Å². The summed E-state index contributed by atoms with van der Waals surface area (Å²) in [5.41, 5.74) is 7.64. The van der Waals surface area contributed by atoms with Crippen LogP contribution >= 0.6 is 15.9 Å². The summed E-state index contributed by atoms with van der Waals surface area (Å²) >= 11 is 3.39. The minimum Gasteiger partial charge on any atom is -0.494 e. The number of para-hydroxylation sites is 2. The molecule has 84 valence electrons. The quantitative estimate of drug-likeness (QED) is 0.920. The molecule has 5 heteroatoms. The van der Waals surface area contributed by atoms with Gasteiger partial charge in [0.25, 0.3) is 0 Å². The minimum atomic E-state index is 0.571. The SMILES string of the molecule is COc1ccccc1-n1nc(C)c(Br)c1N. The number of hydrogen-bond donors (Lipinski definition) is 1. The van der Waals surface area contributed by atoms with Gasteiger partial charge in [-0.15, -0.1) is 0 Å². The van der Waals surface area contributed by atoms with E-state index in [2.05, 4.69) is 21.0 Å². The van der Waals surface area contributed by atoms with Gasteiger partial charge in [0.15, 0.2) is 0 Å². The Morgan fingerprint density at radius 1 is 1.38 bits per heavy atom. The summed E-state index contributed by atoms with van der Waals surface area (Å²) in [7, 11) is 1.63. The maximum absolute atomic E-state index is 5.96. The van der Waals surface area contributed by atoms with E-state index in [1.165, 1.54) is 0 Å². The highest BCUT2D eigenvalue weighted by molar-refractivity contribution is 9.10. The topological polar surface area (TPSA) is 53.1 Å². The van der Waals surface area contributed by atoms with E-state index >= 15 is 0 Å². The first kappa shape index (κ1) is 11.0. The molecule has 0 bridgehead atoms. The number of rotatable bonds is 2. The molecule has 0 amide bonds. The number of aromatic nitrogens is 2. The van der Waals surface area contributed by atoms with Gasteiger partial charge in [-0.25, -0.2) is 4.68 Å². The first-order valence-corrected chi connectivity index (χ1v) is 5.58. The van der Waals surface area contributed by atoms with Gasteiger partial charge in [-0.3, -0.25) is 0 Å². The van der Waals surface area contributed by atoms with Crippen LogP contribution in [0.5, 0.6) is 5.75 Å². The van der Waals surface area contributed by atoms with E-state index in [0.29, 0.717) is 5.82 Å². The molecule has 2 rings (SSSR count). The second kappa shape index (κ2) is 4.17. The molecule has 0 atom stereocenters. The number of nitrogens with zero attached hydrogens (tertiary/aromatic N) is 2. The number of aryl methyl sites for hydroxylation is 1. The number of nitrogen functional groups attached to an aromatic ring is 1. The molecule has 0 aliphatic carbocycles. The van der Waals surface area contributed by atoms with Crippen LogP contribution in [0.2, 0.25) is 0 Å². The maximum Gasteiger partial charge on any atom is 0.144 e. The zero-order valence-electron chi connectivity index (χ0n) is 9.07. The first-order chi connectivity index (χ1) is 7.65. The molecule has 1 aromatic carbocycles. The van der Waals surface area contributed by atoms with Crippen molar-refractivity contribution in [2.75, 3.05) is 12.8 Å². The van der Waals surface area contributed by atoms with Crippen LogP contribution in [-0.2, 0) is 0 Å². The van der Waals surface area contributed by atoms with Crippen LogP contribution in [0.1, 0.15) is 5.69 Å². The fourth-order valence-electron chi connectivity index (χ4n) is 1.51. The minimum absolute atomic E-state index is 0.571. The summed E-state index contributed by atoms with van der Waals surface area (Å²) in [6.45, 7) is 1.90. The molecular weight excluding hydrogens is 270 g/mol. The Kier molecular flexibility index (Phi) is 2.87. The summed E-state index contributed by atoms with van der Waals surface area (Å²) in [6.07, 6.45) is 0. The normalized spacial score (nSPS) is 10.4. The van der Waals surface area contributed by atoms with Crippen molar-refractivity contribution in [2.45, 2.75) is 6.92 Å². The molecule has 0 saturated carbocycles. The number of ether oxygens (including phenoxy) is 1. The fourth-order valence-corrected chi connectivity index (χ4v) is 1.76. The van der Waals surface area contributed by atoms with Crippen molar-refractivity contribution >= 4 is 21.7 Å². The van der Waals surface area contributed by atoms with Crippen LogP contribution in [0.15, 0.2) is 28.7 Å². The third-order valence-corrected chi connectivity index (χ3v) is 3.31. The number of benzene rings is 1. The van der Waals surface area contributed by atoms with E-state index in [9.17, 15) is 0 Å². The largest absolute Gasteiger partial charge is 0.494 e. The Labute approximate surface area is 102 Å². The molecule has 0 saturated heterocycles. The van der Waals surface area contributed by atoms with Gasteiger partial charge in [0, 0.05) is 0 Å². The van der Waals surface area contributed by atoms with Crippen LogP contribution in [0, 0.1) is 6.92 Å². The van der Waals surface area contributed by atoms with Crippen LogP contribution in [-0.4, -0.2) is 16.9 Å². The van der Waals surface area contributed by atoms with Gasteiger partial charge in [-0.2, -0.15) is 5.10 Å². The summed E-state index contributed by atoms with van der Waals surface area (Å²) in [4.78, 5) is 0. The Bertz CT molecular complexity index is 522. The zero-order chi connectivity index (χ0) is 11.7. The molecule has 0 aliphatic heterocycles. The molecule has 0 fully saturated rings. The van der Waals surface area contributed by atoms with Crippen molar-refractivity contribution in [2.24, 2.45) is 0 Å². The molecule has 2 aromatic rings. The molecule has 0 unspecified atom stereocenters. The van der Waals surface area contributed by atoms with Gasteiger partial charge >= 0.3 is 0 Å². The molecule has 16 heavy (non-hydrogen) atoms. The van der Waals surface area contributed by atoms with Crippen LogP contribution in [0.25, 0.3) is 5.69 Å². The van der Waals surface area contributed by atoms with E-state index in [-0.39, 0.29) is 0 Å². The zero-order valence-corrected chi connectivity index (χ0v) is 10.7. The third-order valence-electron chi connectivity index (χ3n) is 2.33. The van der Waals surface area contributed by atoms with E-state index in [1.807, 2.05) is 31.2 Å². The number of halogens is 1. The van der Waals surface area contributed by atoms with Gasteiger partial charge < -0.3 is 10.5 Å². The van der Waals surface area contributed by atoms with Gasteiger partial charge in [0.05, 0.1) is 17.3 Å². The maximum atomic E-state index is 5.96. The molecule has 2 N–H and O–H groups in total. The smallest absolute Gasteiger partial charge is 0.144 e. The van der Waals surface area contributed by atoms with E-state index in [0.717, 1.165) is 21.6 Å². The number of anilines is 1. The summed E-state index contributed by atoms with van der Waals surface area (Å²) < 4.78 is 7.76. The van der Waals surface area contributed by atoms with E-state index in [4.69, 9.17) is 10.5 Å². The van der Waals surface area contributed by atoms with Crippen molar-refractivity contribution < 1.29 is 4.74 Å². The lowest BCUT2D eigenvalue weighted by Crippen LogP contribution is -2.03. The van der Waals surface area contributed by atoms with Crippen molar-refractivity contribution in [3.8, 4) is 11.4 Å². The average Bonchev–Trinajstić information content (AvgIpc) is 2.57. The molecule has 0 radical (unpaired) electrons. The van der Waals surface area contributed by atoms with Gasteiger partial charge in [0.2, 0.25) is 0 Å². The monoisotopic (exact) mass is 281 g/mol. The van der Waals surface area contributed by atoms with Gasteiger partial charge in [-0.1, -0.05) is 12.1 Å². The fraction of sp³-hybridized carbons (Fsp3) is 0.182. The first-order valence-electron chi connectivity index (χ1n) is 4.79. The molecule has 1 heterocycles. The predicted molar refractivity (Wildman–Crippen MR) is 67.0 cm³/mol. The summed E-state index contributed by atoms with van der Waals surface area (Å²) in [6, 6.07) is 7.61. The average molecular weight is 282 g/mol. The Hall–Kier alpha value is -1.49. The lowest BCUT2D eigenvalue weighted by Gasteiger charge is -2.09. The second-order valence-corrected chi connectivity index (χ2v) is 4.16. The molecule has 1 aromatic heterocycles. The number of methoxy groups -OCH3 is 1. The van der Waals surface area contributed by atoms with Gasteiger partial charge in [-0.05, 0) is 35.0 Å². The highest BCUT2D eigenvalue weighted by atomic mass is 79.9. The second-order valence-electron chi connectivity index (χ2n) is 3.37. The van der Waals surface area contributed by atoms with Crippen LogP contribution in [0.4, 0.5) is 5.82 Å². The highest BCUT2D eigenvalue weighted by Gasteiger charge is 2.13. The Morgan fingerprint density at radius 3 is 2.62 bits per heavy atom. The highest BCUT2D eigenvalue weighted by Crippen LogP contribution is 2.29. The number of hydrogen-bond acceptors (Lipinski definition) is 3. The van der Waals surface area contributed by atoms with E-state index in [1.54, 1.807) is 11.8 Å². The molecule has 4 nitrogen and oxygen atoms in total. The van der Waals surface area contributed by atoms with Crippen molar-refractivity contribution in [3.05, 3.63) is 34.4 Å². The molecule has 0 aliphatic rings. The Balaban J connectivity index is 2.63. The van der Waals surface area contributed by atoms with Crippen LogP contribution in [0.3, 0.4) is 0 Å². The standard InChI is InChI=1S/C11H12BrN3O/c1-7-10(12)11(13)15(14-7)8-5-3-4-6-9(8)16-2/h3-6H,13H2,1-2H3. The predicted octanol–water partition coefficient (Wildman–Crippen LogP) is 2.53. The van der Waals surface area contributed by atoms with Crippen molar-refractivity contribution in [3.63, 3.8) is 0 Å². The van der Waals surface area contributed by atoms with E-state index < -0.39 is 0 Å². The molecular formula is C11H12BrN3O. The third kappa shape index (κ3) is 1.67. The van der Waals surface area contributed by atoms with Crippen LogP contribution < -0.4 is 10.5 Å².